The quantitative estimate of drug-likeness (QED) is 0.300. The van der Waals surface area contributed by atoms with Crippen molar-refractivity contribution in [2.45, 2.75) is 26.9 Å². The van der Waals surface area contributed by atoms with Gasteiger partial charge in [-0.05, 0) is 55.3 Å². The van der Waals surface area contributed by atoms with Gasteiger partial charge < -0.3 is 15.2 Å². The van der Waals surface area contributed by atoms with E-state index >= 15 is 0 Å². The number of anilines is 2. The van der Waals surface area contributed by atoms with E-state index in [1.165, 1.54) is 17.0 Å². The lowest BCUT2D eigenvalue weighted by molar-refractivity contribution is -0.137. The minimum Gasteiger partial charge on any atom is -0.328 e. The van der Waals surface area contributed by atoms with Crippen LogP contribution in [-0.2, 0) is 11.0 Å². The van der Waals surface area contributed by atoms with Crippen LogP contribution in [0.2, 0.25) is 0 Å². The number of allylic oxidation sites excluding steroid dienone is 2. The number of hydrogen-bond acceptors (Lipinski definition) is 6. The maximum atomic E-state index is 13.7. The first-order valence-electron chi connectivity index (χ1n) is 12.6. The van der Waals surface area contributed by atoms with E-state index in [0.717, 1.165) is 17.7 Å². The zero-order chi connectivity index (χ0) is 28.4. The van der Waals surface area contributed by atoms with Crippen LogP contribution in [0.3, 0.4) is 0 Å². The Bertz CT molecular complexity index is 1610. The van der Waals surface area contributed by atoms with E-state index in [0.29, 0.717) is 28.6 Å². The summed E-state index contributed by atoms with van der Waals surface area (Å²) in [5.74, 6) is -0.214. The number of aromatic nitrogens is 5. The van der Waals surface area contributed by atoms with Gasteiger partial charge >= 0.3 is 6.18 Å². The lowest BCUT2D eigenvalue weighted by Crippen LogP contribution is -2.24. The molecular formula is C29H26F3N7O. The molecule has 0 saturated carbocycles. The fraction of sp³-hybridized carbons (Fsp3) is 0.207. The van der Waals surface area contributed by atoms with Gasteiger partial charge in [0.05, 0.1) is 23.3 Å². The van der Waals surface area contributed by atoms with Crippen LogP contribution in [-0.4, -0.2) is 30.4 Å². The Balaban J connectivity index is 1.41. The molecular weight excluding hydrogens is 519 g/mol. The number of alkyl halides is 3. The lowest BCUT2D eigenvalue weighted by atomic mass is 9.85. The van der Waals surface area contributed by atoms with E-state index in [4.69, 9.17) is 0 Å². The molecule has 40 heavy (non-hydrogen) atoms. The molecule has 2 atom stereocenters. The van der Waals surface area contributed by atoms with Crippen molar-refractivity contribution in [1.82, 2.24) is 24.5 Å². The Hall–Kier alpha value is -4.80. The van der Waals surface area contributed by atoms with E-state index in [1.54, 1.807) is 49.9 Å². The maximum Gasteiger partial charge on any atom is 0.416 e. The van der Waals surface area contributed by atoms with Crippen LogP contribution in [0.15, 0.2) is 90.9 Å². The van der Waals surface area contributed by atoms with Crippen molar-refractivity contribution < 1.29 is 18.0 Å². The number of rotatable bonds is 6. The number of nitrogens with zero attached hydrogens (tertiary/aromatic N) is 5. The van der Waals surface area contributed by atoms with Crippen LogP contribution < -0.4 is 10.6 Å². The van der Waals surface area contributed by atoms with Gasteiger partial charge in [0.15, 0.2) is 0 Å². The van der Waals surface area contributed by atoms with Crippen LogP contribution in [0.4, 0.5) is 24.8 Å². The molecule has 0 radical (unpaired) electrons. The molecule has 204 valence electrons. The van der Waals surface area contributed by atoms with Gasteiger partial charge in [-0.1, -0.05) is 19.9 Å². The zero-order valence-electron chi connectivity index (χ0n) is 21.9. The number of aryl methyl sites for hydroxylation is 1. The molecule has 8 nitrogen and oxygen atoms in total. The van der Waals surface area contributed by atoms with Crippen LogP contribution in [0.1, 0.15) is 25.1 Å². The van der Waals surface area contributed by atoms with Gasteiger partial charge in [0.2, 0.25) is 5.95 Å². The van der Waals surface area contributed by atoms with E-state index in [1.807, 2.05) is 26.0 Å². The average Bonchev–Trinajstić information content (AvgIpc) is 3.37. The van der Waals surface area contributed by atoms with Gasteiger partial charge in [0, 0.05) is 58.9 Å². The van der Waals surface area contributed by atoms with Crippen molar-refractivity contribution in [2.75, 3.05) is 10.6 Å². The summed E-state index contributed by atoms with van der Waals surface area (Å²) >= 11 is 0. The van der Waals surface area contributed by atoms with E-state index < -0.39 is 17.6 Å². The average molecular weight is 546 g/mol. The first kappa shape index (κ1) is 26.8. The minimum absolute atomic E-state index is 0.00633. The summed E-state index contributed by atoms with van der Waals surface area (Å²) in [6.07, 6.45) is 6.92. The molecule has 1 aliphatic carbocycles. The van der Waals surface area contributed by atoms with E-state index in [2.05, 4.69) is 30.6 Å². The molecule has 3 heterocycles. The van der Waals surface area contributed by atoms with Crippen LogP contribution in [0.25, 0.3) is 16.9 Å². The number of imidazole rings is 1. The molecule has 1 aromatic carbocycles. The standard InChI is InChI=1S/C29H26F3N7O/c1-17-9-21(10-26(19(17)3)38-28-34-8-6-25(37-28)20-5-4-7-33-14-20)27(40)36-23-11-22(29(30,31)32)12-24(13-23)39-15-18(2)35-16-39/h4-17,19H,1-3H3,(H,36,40)(H,34,37,38). The smallest absolute Gasteiger partial charge is 0.328 e. The van der Waals surface area contributed by atoms with E-state index in [9.17, 15) is 18.0 Å². The number of halogens is 3. The molecule has 0 aliphatic heterocycles. The number of benzene rings is 1. The topological polar surface area (TPSA) is 97.6 Å². The number of amides is 1. The van der Waals surface area contributed by atoms with Crippen LogP contribution in [0, 0.1) is 18.8 Å². The van der Waals surface area contributed by atoms with Gasteiger partial charge in [0.1, 0.15) is 0 Å². The van der Waals surface area contributed by atoms with E-state index in [-0.39, 0.29) is 23.2 Å². The summed E-state index contributed by atoms with van der Waals surface area (Å²) in [5.41, 5.74) is 2.56. The number of carbonyl (C=O) groups is 1. The Morgan fingerprint density at radius 2 is 1.90 bits per heavy atom. The number of nitrogens with one attached hydrogen (secondary N) is 2. The normalized spacial score (nSPS) is 17.1. The Labute approximate surface area is 228 Å². The summed E-state index contributed by atoms with van der Waals surface area (Å²) in [6, 6.07) is 8.89. The second kappa shape index (κ2) is 10.8. The largest absolute Gasteiger partial charge is 0.416 e. The summed E-state index contributed by atoms with van der Waals surface area (Å²) in [5, 5.41) is 5.86. The molecule has 2 unspecified atom stereocenters. The molecule has 1 aliphatic rings. The summed E-state index contributed by atoms with van der Waals surface area (Å²) in [7, 11) is 0. The van der Waals surface area contributed by atoms with Crippen molar-refractivity contribution in [3.8, 4) is 16.9 Å². The number of pyridine rings is 1. The molecule has 0 saturated heterocycles. The van der Waals surface area contributed by atoms with Gasteiger partial charge in [0.25, 0.3) is 5.91 Å². The van der Waals surface area contributed by atoms with Crippen LogP contribution in [0.5, 0.6) is 0 Å². The third-order valence-corrected chi connectivity index (χ3v) is 6.68. The molecule has 4 aromatic rings. The molecule has 0 fully saturated rings. The number of carbonyl (C=O) groups excluding carboxylic acids is 1. The SMILES string of the molecule is Cc1cn(-c2cc(NC(=O)C3=CC(C)C(C)C(Nc4nccc(-c5cccnc5)n4)=C3)cc(C(F)(F)F)c2)cn1. The first-order chi connectivity index (χ1) is 19.1. The molecule has 11 heteroatoms. The minimum atomic E-state index is -4.60. The fourth-order valence-electron chi connectivity index (χ4n) is 4.33. The highest BCUT2D eigenvalue weighted by Crippen LogP contribution is 2.34. The monoisotopic (exact) mass is 545 g/mol. The highest BCUT2D eigenvalue weighted by atomic mass is 19.4. The van der Waals surface area contributed by atoms with Crippen molar-refractivity contribution in [3.63, 3.8) is 0 Å². The van der Waals surface area contributed by atoms with Crippen molar-refractivity contribution in [2.24, 2.45) is 11.8 Å². The fourth-order valence-corrected chi connectivity index (χ4v) is 4.33. The van der Waals surface area contributed by atoms with Gasteiger partial charge in [-0.25, -0.2) is 15.0 Å². The number of hydrogen-bond donors (Lipinski definition) is 2. The summed E-state index contributed by atoms with van der Waals surface area (Å²) in [4.78, 5) is 30.4. The van der Waals surface area contributed by atoms with Crippen molar-refractivity contribution in [3.05, 3.63) is 102 Å². The summed E-state index contributed by atoms with van der Waals surface area (Å²) < 4.78 is 42.5. The maximum absolute atomic E-state index is 13.7. The Morgan fingerprint density at radius 1 is 1.07 bits per heavy atom. The third-order valence-electron chi connectivity index (χ3n) is 6.68. The Morgan fingerprint density at radius 3 is 2.60 bits per heavy atom. The van der Waals surface area contributed by atoms with Gasteiger partial charge in [-0.15, -0.1) is 0 Å². The van der Waals surface area contributed by atoms with Crippen LogP contribution >= 0.6 is 0 Å². The third kappa shape index (κ3) is 5.93. The molecule has 0 spiro atoms. The van der Waals surface area contributed by atoms with Gasteiger partial charge in [-0.2, -0.15) is 13.2 Å². The molecule has 1 amide bonds. The zero-order valence-corrected chi connectivity index (χ0v) is 21.9. The highest BCUT2D eigenvalue weighted by Gasteiger charge is 2.32. The summed E-state index contributed by atoms with van der Waals surface area (Å²) in [6.45, 7) is 5.71. The molecule has 3 aromatic heterocycles. The second-order valence-corrected chi connectivity index (χ2v) is 9.64. The predicted molar refractivity (Wildman–Crippen MR) is 145 cm³/mol. The van der Waals surface area contributed by atoms with Crippen molar-refractivity contribution >= 4 is 17.5 Å². The Kier molecular flexibility index (Phi) is 7.20. The molecule has 5 rings (SSSR count). The second-order valence-electron chi connectivity index (χ2n) is 9.64. The van der Waals surface area contributed by atoms with Gasteiger partial charge in [-0.3, -0.25) is 9.78 Å². The highest BCUT2D eigenvalue weighted by molar-refractivity contribution is 6.06. The predicted octanol–water partition coefficient (Wildman–Crippen LogP) is 6.20. The molecule has 0 bridgehead atoms. The van der Waals surface area contributed by atoms with Crippen molar-refractivity contribution in [1.29, 1.82) is 0 Å². The molecule has 2 N–H and O–H groups in total. The first-order valence-corrected chi connectivity index (χ1v) is 12.6. The lowest BCUT2D eigenvalue weighted by Gasteiger charge is -2.26.